The van der Waals surface area contributed by atoms with Crippen LogP contribution in [-0.4, -0.2) is 36.5 Å². The van der Waals surface area contributed by atoms with Crippen LogP contribution in [0.15, 0.2) is 0 Å². The van der Waals surface area contributed by atoms with Crippen molar-refractivity contribution in [2.45, 2.75) is 70.9 Å². The van der Waals surface area contributed by atoms with E-state index in [-0.39, 0.29) is 12.1 Å². The van der Waals surface area contributed by atoms with Gasteiger partial charge in [0.05, 0.1) is 12.7 Å². The zero-order valence-corrected chi connectivity index (χ0v) is 12.4. The van der Waals surface area contributed by atoms with Crippen molar-refractivity contribution in [2.24, 2.45) is 5.92 Å². The number of rotatable bonds is 8. The highest BCUT2D eigenvalue weighted by molar-refractivity contribution is 4.82. The van der Waals surface area contributed by atoms with Crippen molar-refractivity contribution in [1.29, 1.82) is 0 Å². The Labute approximate surface area is 112 Å². The van der Waals surface area contributed by atoms with E-state index in [1.165, 1.54) is 25.7 Å². The smallest absolute Gasteiger partial charge is 0.0611 e. The van der Waals surface area contributed by atoms with E-state index < -0.39 is 0 Å². The van der Waals surface area contributed by atoms with Crippen molar-refractivity contribution >= 4 is 0 Å². The molecule has 0 aromatic heterocycles. The summed E-state index contributed by atoms with van der Waals surface area (Å²) < 4.78 is 5.98. The highest BCUT2D eigenvalue weighted by Crippen LogP contribution is 2.26. The Hall–Kier alpha value is -0.120. The fourth-order valence-electron chi connectivity index (χ4n) is 2.63. The van der Waals surface area contributed by atoms with Crippen LogP contribution in [0.4, 0.5) is 0 Å². The van der Waals surface area contributed by atoms with Gasteiger partial charge in [-0.3, -0.25) is 0 Å². The summed E-state index contributed by atoms with van der Waals surface area (Å²) in [6.07, 6.45) is 7.50. The van der Waals surface area contributed by atoms with E-state index >= 15 is 0 Å². The van der Waals surface area contributed by atoms with Crippen molar-refractivity contribution in [1.82, 2.24) is 5.32 Å². The molecule has 0 aliphatic heterocycles. The number of aliphatic hydroxyl groups excluding tert-OH is 1. The highest BCUT2D eigenvalue weighted by atomic mass is 16.5. The number of aliphatic hydroxyl groups is 1. The van der Waals surface area contributed by atoms with Crippen LogP contribution >= 0.6 is 0 Å². The van der Waals surface area contributed by atoms with Crippen LogP contribution in [0.5, 0.6) is 0 Å². The molecule has 3 atom stereocenters. The van der Waals surface area contributed by atoms with Gasteiger partial charge in [0.25, 0.3) is 0 Å². The lowest BCUT2D eigenvalue weighted by atomic mass is 9.88. The second-order valence-electron chi connectivity index (χ2n) is 6.16. The summed E-state index contributed by atoms with van der Waals surface area (Å²) in [7, 11) is 0. The minimum atomic E-state index is -0.184. The van der Waals surface area contributed by atoms with E-state index in [9.17, 15) is 5.11 Å². The van der Waals surface area contributed by atoms with Gasteiger partial charge in [0, 0.05) is 12.1 Å². The minimum Gasteiger partial charge on any atom is -0.394 e. The Bertz CT molecular complexity index is 223. The molecule has 108 valence electrons. The van der Waals surface area contributed by atoms with Crippen molar-refractivity contribution in [2.75, 3.05) is 19.8 Å². The van der Waals surface area contributed by atoms with Gasteiger partial charge in [-0.25, -0.2) is 0 Å². The topological polar surface area (TPSA) is 41.5 Å². The predicted octanol–water partition coefficient (Wildman–Crippen LogP) is 2.72. The average molecular weight is 257 g/mol. The molecule has 0 aromatic carbocycles. The van der Waals surface area contributed by atoms with Crippen molar-refractivity contribution in [3.05, 3.63) is 0 Å². The predicted molar refractivity (Wildman–Crippen MR) is 75.8 cm³/mol. The second-order valence-corrected chi connectivity index (χ2v) is 6.16. The first kappa shape index (κ1) is 15.9. The minimum absolute atomic E-state index is 0.178. The Morgan fingerprint density at radius 3 is 2.78 bits per heavy atom. The van der Waals surface area contributed by atoms with Gasteiger partial charge in [-0.1, -0.05) is 26.7 Å². The van der Waals surface area contributed by atoms with Crippen LogP contribution in [0.2, 0.25) is 0 Å². The fourth-order valence-corrected chi connectivity index (χ4v) is 2.63. The molecule has 3 heteroatoms. The molecule has 18 heavy (non-hydrogen) atoms. The van der Waals surface area contributed by atoms with Gasteiger partial charge >= 0.3 is 0 Å². The molecule has 3 unspecified atom stereocenters. The van der Waals surface area contributed by atoms with Crippen LogP contribution in [-0.2, 0) is 4.74 Å². The van der Waals surface area contributed by atoms with E-state index in [1.807, 2.05) is 0 Å². The number of hydrogen-bond donors (Lipinski definition) is 2. The zero-order chi connectivity index (χ0) is 13.4. The van der Waals surface area contributed by atoms with Gasteiger partial charge in [0.2, 0.25) is 0 Å². The maximum Gasteiger partial charge on any atom is 0.0611 e. The molecule has 1 aliphatic rings. The quantitative estimate of drug-likeness (QED) is 0.702. The van der Waals surface area contributed by atoms with E-state index in [1.54, 1.807) is 0 Å². The second kappa shape index (κ2) is 8.13. The molecule has 1 rings (SSSR count). The van der Waals surface area contributed by atoms with Crippen LogP contribution < -0.4 is 5.32 Å². The number of ether oxygens (including phenoxy) is 1. The first-order chi connectivity index (χ1) is 8.59. The normalized spacial score (nSPS) is 28.0. The Morgan fingerprint density at radius 1 is 1.39 bits per heavy atom. The molecule has 0 spiro atoms. The summed E-state index contributed by atoms with van der Waals surface area (Å²) in [5.74, 6) is 0.811. The van der Waals surface area contributed by atoms with Crippen molar-refractivity contribution in [3.63, 3.8) is 0 Å². The van der Waals surface area contributed by atoms with Crippen molar-refractivity contribution in [3.8, 4) is 0 Å². The molecule has 0 radical (unpaired) electrons. The van der Waals surface area contributed by atoms with Crippen LogP contribution in [0.3, 0.4) is 0 Å². The standard InChI is InChI=1S/C15H31NO2/c1-4-9-16-15(3,12-17)8-10-18-14-7-5-6-13(2)11-14/h13-14,16-17H,4-12H2,1-3H3. The maximum atomic E-state index is 9.47. The summed E-state index contributed by atoms with van der Waals surface area (Å²) >= 11 is 0. The molecule has 0 saturated heterocycles. The van der Waals surface area contributed by atoms with Gasteiger partial charge in [-0.15, -0.1) is 0 Å². The third kappa shape index (κ3) is 5.68. The van der Waals surface area contributed by atoms with Gasteiger partial charge in [-0.05, 0) is 45.1 Å². The SMILES string of the molecule is CCCNC(C)(CO)CCOC1CCCC(C)C1. The summed E-state index contributed by atoms with van der Waals surface area (Å²) in [4.78, 5) is 0. The first-order valence-electron chi connectivity index (χ1n) is 7.57. The van der Waals surface area contributed by atoms with E-state index in [2.05, 4.69) is 26.1 Å². The largest absolute Gasteiger partial charge is 0.394 e. The van der Waals surface area contributed by atoms with E-state index in [0.717, 1.165) is 31.9 Å². The third-order valence-electron chi connectivity index (χ3n) is 4.05. The lowest BCUT2D eigenvalue weighted by molar-refractivity contribution is 0.000879. The highest BCUT2D eigenvalue weighted by Gasteiger charge is 2.24. The molecule has 0 aromatic rings. The summed E-state index contributed by atoms with van der Waals surface area (Å²) in [5, 5.41) is 12.9. The monoisotopic (exact) mass is 257 g/mol. The molecular weight excluding hydrogens is 226 g/mol. The molecule has 1 aliphatic carbocycles. The van der Waals surface area contributed by atoms with Gasteiger partial charge < -0.3 is 15.2 Å². The zero-order valence-electron chi connectivity index (χ0n) is 12.4. The summed E-state index contributed by atoms with van der Waals surface area (Å²) in [6.45, 7) is 8.43. The Morgan fingerprint density at radius 2 is 2.17 bits per heavy atom. The van der Waals surface area contributed by atoms with Gasteiger partial charge in [0.1, 0.15) is 0 Å². The van der Waals surface area contributed by atoms with Gasteiger partial charge in [-0.2, -0.15) is 0 Å². The molecule has 1 saturated carbocycles. The maximum absolute atomic E-state index is 9.47. The van der Waals surface area contributed by atoms with Gasteiger partial charge in [0.15, 0.2) is 0 Å². The molecule has 0 bridgehead atoms. The summed E-state index contributed by atoms with van der Waals surface area (Å²) in [5.41, 5.74) is -0.184. The van der Waals surface area contributed by atoms with Crippen LogP contribution in [0, 0.1) is 5.92 Å². The average Bonchev–Trinajstić information content (AvgIpc) is 2.36. The van der Waals surface area contributed by atoms with Crippen molar-refractivity contribution < 1.29 is 9.84 Å². The summed E-state index contributed by atoms with van der Waals surface area (Å²) in [6, 6.07) is 0. The van der Waals surface area contributed by atoms with Crippen LogP contribution in [0.25, 0.3) is 0 Å². The fraction of sp³-hybridized carbons (Fsp3) is 1.00. The molecule has 1 fully saturated rings. The first-order valence-corrected chi connectivity index (χ1v) is 7.57. The molecule has 0 heterocycles. The molecule has 2 N–H and O–H groups in total. The number of nitrogens with one attached hydrogen (secondary N) is 1. The van der Waals surface area contributed by atoms with E-state index in [0.29, 0.717) is 6.10 Å². The van der Waals surface area contributed by atoms with Crippen LogP contribution in [0.1, 0.15) is 59.3 Å². The third-order valence-corrected chi connectivity index (χ3v) is 4.05. The molecular formula is C15H31NO2. The number of hydrogen-bond acceptors (Lipinski definition) is 3. The lowest BCUT2D eigenvalue weighted by Gasteiger charge is -2.31. The Balaban J connectivity index is 2.21. The van der Waals surface area contributed by atoms with E-state index in [4.69, 9.17) is 4.74 Å². The lowest BCUT2D eigenvalue weighted by Crippen LogP contribution is -2.47. The molecule has 3 nitrogen and oxygen atoms in total. The Kier molecular flexibility index (Phi) is 7.20. The molecule has 0 amide bonds.